The molecule has 47 heavy (non-hydrogen) atoms. The van der Waals surface area contributed by atoms with Crippen LogP contribution in [0.15, 0.2) is 97.1 Å². The van der Waals surface area contributed by atoms with Crippen LogP contribution in [-0.4, -0.2) is 95.2 Å². The summed E-state index contributed by atoms with van der Waals surface area (Å²) in [6.45, 7) is 7.29. The minimum absolute atomic E-state index is 0.0197. The zero-order valence-electron chi connectivity index (χ0n) is 27.5. The summed E-state index contributed by atoms with van der Waals surface area (Å²) in [4.78, 5) is 44.9. The maximum absolute atomic E-state index is 14.1. The lowest BCUT2D eigenvalue weighted by Gasteiger charge is -2.54. The van der Waals surface area contributed by atoms with Gasteiger partial charge in [-0.05, 0) is 66.2 Å². The number of hydrogen-bond donors (Lipinski definition) is 1. The second-order valence-corrected chi connectivity index (χ2v) is 13.2. The average molecular weight is 656 g/mol. The Kier molecular flexibility index (Phi) is 11.6. The Labute approximate surface area is 282 Å². The van der Waals surface area contributed by atoms with Crippen molar-refractivity contribution >= 4 is 29.6 Å². The van der Waals surface area contributed by atoms with E-state index in [2.05, 4.69) is 36.2 Å². The molecule has 0 spiro atoms. The predicted molar refractivity (Wildman–Crippen MR) is 187 cm³/mol. The highest BCUT2D eigenvalue weighted by Crippen LogP contribution is 2.32. The highest BCUT2D eigenvalue weighted by Gasteiger charge is 2.50. The smallest absolute Gasteiger partial charge is 0.334 e. The third-order valence-electron chi connectivity index (χ3n) is 8.69. The van der Waals surface area contributed by atoms with Crippen molar-refractivity contribution in [2.75, 3.05) is 45.3 Å². The summed E-state index contributed by atoms with van der Waals surface area (Å²) in [5.41, 5.74) is 4.23. The fourth-order valence-corrected chi connectivity index (χ4v) is 6.82. The van der Waals surface area contributed by atoms with Gasteiger partial charge in [-0.2, -0.15) is 11.8 Å². The van der Waals surface area contributed by atoms with Crippen molar-refractivity contribution in [1.82, 2.24) is 25.1 Å². The molecule has 2 aliphatic heterocycles. The van der Waals surface area contributed by atoms with Crippen LogP contribution in [0.5, 0.6) is 5.75 Å². The number of carbonyl (C=O) groups is 3. The van der Waals surface area contributed by atoms with E-state index in [1.165, 1.54) is 11.1 Å². The van der Waals surface area contributed by atoms with Crippen LogP contribution in [0.2, 0.25) is 0 Å². The lowest BCUT2D eigenvalue weighted by atomic mass is 9.88. The Morgan fingerprint density at radius 2 is 1.64 bits per heavy atom. The lowest BCUT2D eigenvalue weighted by molar-refractivity contribution is -0.187. The van der Waals surface area contributed by atoms with Gasteiger partial charge in [-0.15, -0.1) is 0 Å². The molecule has 0 saturated carbocycles. The summed E-state index contributed by atoms with van der Waals surface area (Å²) < 4.78 is 5.70. The van der Waals surface area contributed by atoms with Gasteiger partial charge in [-0.25, -0.2) is 14.8 Å². The number of hydrazine groups is 1. The maximum atomic E-state index is 14.1. The first-order chi connectivity index (χ1) is 22.8. The van der Waals surface area contributed by atoms with E-state index in [1.807, 2.05) is 78.7 Å². The molecular weight excluding hydrogens is 611 g/mol. The first-order valence-electron chi connectivity index (χ1n) is 16.1. The van der Waals surface area contributed by atoms with Gasteiger partial charge in [-0.1, -0.05) is 79.4 Å². The molecule has 4 amide bonds. The molecule has 2 heterocycles. The number of amides is 4. The van der Waals surface area contributed by atoms with E-state index in [0.717, 1.165) is 22.6 Å². The van der Waals surface area contributed by atoms with Gasteiger partial charge in [0.2, 0.25) is 11.8 Å². The number of carbonyl (C=O) groups excluding carboxylic acids is 3. The number of likely N-dealkylation sites (N-methyl/N-ethyl adjacent to an activating group) is 1. The second-order valence-electron chi connectivity index (χ2n) is 12.2. The molecule has 5 rings (SSSR count). The highest BCUT2D eigenvalue weighted by molar-refractivity contribution is 7.98. The minimum Gasteiger partial charge on any atom is -0.489 e. The Morgan fingerprint density at radius 3 is 2.23 bits per heavy atom. The Balaban J connectivity index is 1.34. The molecule has 0 aromatic heterocycles. The zero-order valence-corrected chi connectivity index (χ0v) is 28.3. The van der Waals surface area contributed by atoms with Gasteiger partial charge < -0.3 is 19.9 Å². The fourth-order valence-electron chi connectivity index (χ4n) is 6.36. The monoisotopic (exact) mass is 655 g/mol. The van der Waals surface area contributed by atoms with Crippen molar-refractivity contribution in [3.63, 3.8) is 0 Å². The Morgan fingerprint density at radius 1 is 1.00 bits per heavy atom. The molecule has 2 aliphatic rings. The van der Waals surface area contributed by atoms with E-state index in [0.29, 0.717) is 32.5 Å². The normalized spacial score (nSPS) is 18.3. The predicted octanol–water partition coefficient (Wildman–Crippen LogP) is 5.35. The number of ether oxygens (including phenoxy) is 1. The Bertz CT molecular complexity index is 1480. The van der Waals surface area contributed by atoms with Crippen LogP contribution in [0.25, 0.3) is 0 Å². The van der Waals surface area contributed by atoms with Crippen molar-refractivity contribution in [2.45, 2.75) is 44.4 Å². The fraction of sp³-hybridized carbons (Fsp3) is 0.378. The standard InChI is InChI=1S/C37H45N5O4S/c1-27(2)26-46-31-17-15-28(16-18-31)23-38-37(45)42-34-24-40(36(44)33(20-22-47-4)41(34)35(43)25-39(42)3)21-19-32(29-11-7-5-8-12-29)30-13-9-6-10-14-30/h5-18,32-34H,1,19-26H2,2-4H3,(H,38,45)/t33-,34-/m0/s1. The summed E-state index contributed by atoms with van der Waals surface area (Å²) in [6.07, 6.45) is 2.62. The quantitative estimate of drug-likeness (QED) is 0.250. The number of urea groups is 1. The van der Waals surface area contributed by atoms with Crippen LogP contribution in [0.3, 0.4) is 0 Å². The van der Waals surface area contributed by atoms with Gasteiger partial charge >= 0.3 is 6.03 Å². The van der Waals surface area contributed by atoms with Crippen molar-refractivity contribution in [3.8, 4) is 5.75 Å². The van der Waals surface area contributed by atoms with Crippen molar-refractivity contribution in [2.24, 2.45) is 0 Å². The van der Waals surface area contributed by atoms with E-state index < -0.39 is 12.2 Å². The Hall–Kier alpha value is -4.28. The summed E-state index contributed by atoms with van der Waals surface area (Å²) in [7, 11) is 1.75. The summed E-state index contributed by atoms with van der Waals surface area (Å²) in [6, 6.07) is 27.3. The molecule has 1 N–H and O–H groups in total. The third kappa shape index (κ3) is 8.36. The molecule has 0 aliphatic carbocycles. The topological polar surface area (TPSA) is 85.4 Å². The molecule has 9 nitrogen and oxygen atoms in total. The van der Waals surface area contributed by atoms with Gasteiger partial charge in [0.15, 0.2) is 0 Å². The first kappa shape index (κ1) is 34.1. The van der Waals surface area contributed by atoms with Gasteiger partial charge in [0.1, 0.15) is 24.6 Å². The van der Waals surface area contributed by atoms with E-state index in [9.17, 15) is 14.4 Å². The first-order valence-corrected chi connectivity index (χ1v) is 17.5. The summed E-state index contributed by atoms with van der Waals surface area (Å²) >= 11 is 1.65. The van der Waals surface area contributed by atoms with Crippen LogP contribution in [0, 0.1) is 0 Å². The number of fused-ring (bicyclic) bond motifs is 1. The SMILES string of the molecule is C=C(C)COc1ccc(CNC(=O)N2[C@H]3CN(CCC(c4ccccc4)c4ccccc4)C(=O)[C@H](CCSC)N3C(=O)CN2C)cc1. The van der Waals surface area contributed by atoms with Gasteiger partial charge in [0.05, 0.1) is 13.1 Å². The summed E-state index contributed by atoms with van der Waals surface area (Å²) in [5.74, 6) is 1.37. The molecule has 10 heteroatoms. The van der Waals surface area contributed by atoms with E-state index in [-0.39, 0.29) is 36.9 Å². The molecule has 0 radical (unpaired) electrons. The molecule has 3 aromatic carbocycles. The van der Waals surface area contributed by atoms with E-state index in [4.69, 9.17) is 4.74 Å². The van der Waals surface area contributed by atoms with Crippen LogP contribution in [0.4, 0.5) is 4.79 Å². The number of thioether (sulfide) groups is 1. The number of hydrogen-bond acceptors (Lipinski definition) is 6. The molecule has 2 fully saturated rings. The maximum Gasteiger partial charge on any atom is 0.334 e. The lowest BCUT2D eigenvalue weighted by Crippen LogP contribution is -2.76. The molecule has 0 unspecified atom stereocenters. The minimum atomic E-state index is -0.628. The van der Waals surface area contributed by atoms with Gasteiger partial charge in [0, 0.05) is 26.1 Å². The second kappa shape index (κ2) is 16.0. The number of piperazine rings is 1. The number of nitrogens with one attached hydrogen (secondary N) is 1. The van der Waals surface area contributed by atoms with Crippen LogP contribution in [-0.2, 0) is 16.1 Å². The van der Waals surface area contributed by atoms with Crippen LogP contribution >= 0.6 is 11.8 Å². The van der Waals surface area contributed by atoms with Crippen LogP contribution < -0.4 is 10.1 Å². The molecule has 2 atom stereocenters. The average Bonchev–Trinajstić information content (AvgIpc) is 3.08. The van der Waals surface area contributed by atoms with E-state index in [1.54, 1.807) is 33.7 Å². The number of nitrogens with zero attached hydrogens (tertiary/aromatic N) is 4. The molecule has 2 saturated heterocycles. The molecular formula is C37H45N5O4S. The third-order valence-corrected chi connectivity index (χ3v) is 9.33. The highest BCUT2D eigenvalue weighted by atomic mass is 32.2. The van der Waals surface area contributed by atoms with Crippen molar-refractivity contribution in [3.05, 3.63) is 114 Å². The van der Waals surface area contributed by atoms with Crippen LogP contribution in [0.1, 0.15) is 42.4 Å². The zero-order chi connectivity index (χ0) is 33.3. The number of rotatable bonds is 13. The molecule has 3 aromatic rings. The van der Waals surface area contributed by atoms with Gasteiger partial charge in [0.25, 0.3) is 0 Å². The molecule has 0 bridgehead atoms. The number of benzene rings is 3. The summed E-state index contributed by atoms with van der Waals surface area (Å²) in [5, 5.41) is 6.32. The molecule has 248 valence electrons. The largest absolute Gasteiger partial charge is 0.489 e. The van der Waals surface area contributed by atoms with Crippen molar-refractivity contribution < 1.29 is 19.1 Å². The van der Waals surface area contributed by atoms with E-state index >= 15 is 0 Å². The van der Waals surface area contributed by atoms with Crippen molar-refractivity contribution in [1.29, 1.82) is 0 Å². The van der Waals surface area contributed by atoms with Gasteiger partial charge in [-0.3, -0.25) is 9.59 Å².